The summed E-state index contributed by atoms with van der Waals surface area (Å²) in [6.45, 7) is 8.20. The van der Waals surface area contributed by atoms with Gasteiger partial charge in [0.15, 0.2) is 0 Å². The number of amides is 2. The van der Waals surface area contributed by atoms with Gasteiger partial charge < -0.3 is 10.2 Å². The summed E-state index contributed by atoms with van der Waals surface area (Å²) >= 11 is 0. The fraction of sp³-hybridized carbons (Fsp3) is 0.440. The largest absolute Gasteiger partial charge is 0.332 e. The Kier molecular flexibility index (Phi) is 7.59. The quantitative estimate of drug-likeness (QED) is 0.693. The van der Waals surface area contributed by atoms with E-state index < -0.39 is 10.0 Å². The minimum atomic E-state index is -3.59. The maximum atomic E-state index is 13.0. The van der Waals surface area contributed by atoms with Crippen LogP contribution in [0.15, 0.2) is 41.3 Å². The highest BCUT2D eigenvalue weighted by molar-refractivity contribution is 7.89. The van der Waals surface area contributed by atoms with Crippen molar-refractivity contribution in [1.82, 2.24) is 9.21 Å². The average Bonchev–Trinajstić information content (AvgIpc) is 2.76. The van der Waals surface area contributed by atoms with Crippen molar-refractivity contribution >= 4 is 27.5 Å². The van der Waals surface area contributed by atoms with E-state index in [4.69, 9.17) is 0 Å². The summed E-state index contributed by atoms with van der Waals surface area (Å²) in [7, 11) is -2.04. The molecule has 2 amide bonds. The van der Waals surface area contributed by atoms with Crippen LogP contribution in [0.2, 0.25) is 0 Å². The van der Waals surface area contributed by atoms with Gasteiger partial charge in [0, 0.05) is 30.9 Å². The summed E-state index contributed by atoms with van der Waals surface area (Å²) in [6.07, 6.45) is 2.74. The third-order valence-electron chi connectivity index (χ3n) is 6.12. The number of carbonyl (C=O) groups excluding carboxylic acids is 2. The van der Waals surface area contributed by atoms with Crippen molar-refractivity contribution in [3.63, 3.8) is 0 Å². The lowest BCUT2D eigenvalue weighted by Gasteiger charge is -2.32. The lowest BCUT2D eigenvalue weighted by molar-refractivity contribution is -0.116. The topological polar surface area (TPSA) is 86.8 Å². The Labute approximate surface area is 196 Å². The standard InChI is InChI=1S/C25H33N3O4S/c1-17-14-18(2)24(19(3)15-17)26-23(29)16-27(5)25(30)21-9-11-22(12-10-21)33(31,32)28-13-7-6-8-20(28)4/h9-12,14-15,20H,6-8,13,16H2,1-5H3,(H,26,29). The van der Waals surface area contributed by atoms with Gasteiger partial charge in [-0.3, -0.25) is 9.59 Å². The van der Waals surface area contributed by atoms with Gasteiger partial charge in [-0.05, 0) is 75.9 Å². The number of carbonyl (C=O) groups is 2. The third-order valence-corrected chi connectivity index (χ3v) is 8.15. The Morgan fingerprint density at radius 3 is 2.24 bits per heavy atom. The zero-order chi connectivity index (χ0) is 24.3. The van der Waals surface area contributed by atoms with Gasteiger partial charge in [0.1, 0.15) is 0 Å². The first kappa shape index (κ1) is 24.9. The van der Waals surface area contributed by atoms with Crippen LogP contribution in [0.25, 0.3) is 0 Å². The van der Waals surface area contributed by atoms with Gasteiger partial charge in [-0.25, -0.2) is 8.42 Å². The normalized spacial score (nSPS) is 16.9. The zero-order valence-electron chi connectivity index (χ0n) is 20.0. The molecule has 1 heterocycles. The van der Waals surface area contributed by atoms with Gasteiger partial charge in [0.05, 0.1) is 11.4 Å². The molecule has 7 nitrogen and oxygen atoms in total. The SMILES string of the molecule is Cc1cc(C)c(NC(=O)CN(C)C(=O)c2ccc(S(=O)(=O)N3CCCCC3C)cc2)c(C)c1. The predicted molar refractivity (Wildman–Crippen MR) is 130 cm³/mol. The predicted octanol–water partition coefficient (Wildman–Crippen LogP) is 3.89. The number of rotatable bonds is 6. The van der Waals surface area contributed by atoms with E-state index in [9.17, 15) is 18.0 Å². The maximum Gasteiger partial charge on any atom is 0.254 e. The smallest absolute Gasteiger partial charge is 0.254 e. The highest BCUT2D eigenvalue weighted by Gasteiger charge is 2.31. The molecule has 0 aromatic heterocycles. The Balaban J connectivity index is 1.67. The van der Waals surface area contributed by atoms with E-state index in [1.165, 1.54) is 29.2 Å². The lowest BCUT2D eigenvalue weighted by atomic mass is 10.1. The van der Waals surface area contributed by atoms with Gasteiger partial charge in [0.2, 0.25) is 15.9 Å². The fourth-order valence-corrected chi connectivity index (χ4v) is 6.10. The first-order valence-corrected chi connectivity index (χ1v) is 12.7. The molecule has 1 N–H and O–H groups in total. The Hall–Kier alpha value is -2.71. The number of sulfonamides is 1. The first-order chi connectivity index (χ1) is 15.5. The van der Waals surface area contributed by atoms with E-state index in [1.807, 2.05) is 39.8 Å². The summed E-state index contributed by atoms with van der Waals surface area (Å²) in [5, 5.41) is 2.89. The highest BCUT2D eigenvalue weighted by atomic mass is 32.2. The molecule has 0 aliphatic carbocycles. The van der Waals surface area contributed by atoms with Crippen molar-refractivity contribution in [3.05, 3.63) is 58.7 Å². The molecule has 178 valence electrons. The average molecular weight is 472 g/mol. The Morgan fingerprint density at radius 1 is 1.06 bits per heavy atom. The number of nitrogens with one attached hydrogen (secondary N) is 1. The van der Waals surface area contributed by atoms with Crippen LogP contribution in [0.1, 0.15) is 53.2 Å². The molecule has 0 spiro atoms. The van der Waals surface area contributed by atoms with Crippen molar-refractivity contribution in [2.24, 2.45) is 0 Å². The molecule has 33 heavy (non-hydrogen) atoms. The number of nitrogens with zero attached hydrogens (tertiary/aromatic N) is 2. The van der Waals surface area contributed by atoms with Crippen LogP contribution in [0.4, 0.5) is 5.69 Å². The van der Waals surface area contributed by atoms with Crippen LogP contribution >= 0.6 is 0 Å². The van der Waals surface area contributed by atoms with E-state index in [2.05, 4.69) is 5.32 Å². The molecule has 1 unspecified atom stereocenters. The lowest BCUT2D eigenvalue weighted by Crippen LogP contribution is -2.41. The van der Waals surface area contributed by atoms with Crippen LogP contribution in [0.5, 0.6) is 0 Å². The van der Waals surface area contributed by atoms with Crippen LogP contribution in [0, 0.1) is 20.8 Å². The van der Waals surface area contributed by atoms with Gasteiger partial charge in [0.25, 0.3) is 5.91 Å². The first-order valence-electron chi connectivity index (χ1n) is 11.3. The van der Waals surface area contributed by atoms with Crippen molar-refractivity contribution in [3.8, 4) is 0 Å². The highest BCUT2D eigenvalue weighted by Crippen LogP contribution is 2.25. The molecule has 0 saturated carbocycles. The number of piperidine rings is 1. The summed E-state index contributed by atoms with van der Waals surface area (Å²) in [4.78, 5) is 26.9. The number of aryl methyl sites for hydroxylation is 3. The van der Waals surface area contributed by atoms with Crippen LogP contribution < -0.4 is 5.32 Å². The van der Waals surface area contributed by atoms with E-state index in [-0.39, 0.29) is 29.3 Å². The molecule has 3 rings (SSSR count). The number of hydrogen-bond acceptors (Lipinski definition) is 4. The molecule has 1 aliphatic rings. The zero-order valence-corrected chi connectivity index (χ0v) is 20.8. The van der Waals surface area contributed by atoms with Gasteiger partial charge in [-0.1, -0.05) is 24.1 Å². The van der Waals surface area contributed by atoms with Gasteiger partial charge >= 0.3 is 0 Å². The molecule has 1 fully saturated rings. The van der Waals surface area contributed by atoms with Crippen LogP contribution in [0.3, 0.4) is 0 Å². The molecule has 1 aliphatic heterocycles. The van der Waals surface area contributed by atoms with E-state index >= 15 is 0 Å². The summed E-state index contributed by atoms with van der Waals surface area (Å²) in [5.41, 5.74) is 4.14. The van der Waals surface area contributed by atoms with Gasteiger partial charge in [-0.15, -0.1) is 0 Å². The molecule has 1 atom stereocenters. The summed E-state index contributed by atoms with van der Waals surface area (Å²) < 4.78 is 27.5. The second-order valence-electron chi connectivity index (χ2n) is 8.97. The minimum absolute atomic E-state index is 0.0319. The number of anilines is 1. The molecule has 2 aromatic carbocycles. The number of likely N-dealkylation sites (N-methyl/N-ethyl adjacent to an activating group) is 1. The second kappa shape index (κ2) is 10.1. The fourth-order valence-electron chi connectivity index (χ4n) is 4.40. The summed E-state index contributed by atoms with van der Waals surface area (Å²) in [5.74, 6) is -0.642. The molecular formula is C25H33N3O4S. The maximum absolute atomic E-state index is 13.0. The monoisotopic (exact) mass is 471 g/mol. The van der Waals surface area contributed by atoms with E-state index in [1.54, 1.807) is 11.4 Å². The summed E-state index contributed by atoms with van der Waals surface area (Å²) in [6, 6.07) is 9.91. The van der Waals surface area contributed by atoms with Crippen molar-refractivity contribution < 1.29 is 18.0 Å². The van der Waals surface area contributed by atoms with Crippen molar-refractivity contribution in [2.75, 3.05) is 25.5 Å². The third kappa shape index (κ3) is 5.62. The van der Waals surface area contributed by atoms with Crippen molar-refractivity contribution in [1.29, 1.82) is 0 Å². The molecule has 1 saturated heterocycles. The molecule has 8 heteroatoms. The van der Waals surface area contributed by atoms with Crippen LogP contribution in [-0.2, 0) is 14.8 Å². The van der Waals surface area contributed by atoms with Gasteiger partial charge in [-0.2, -0.15) is 4.31 Å². The van der Waals surface area contributed by atoms with Crippen molar-refractivity contribution in [2.45, 2.75) is 57.9 Å². The number of hydrogen-bond donors (Lipinski definition) is 1. The molecule has 0 bridgehead atoms. The van der Waals surface area contributed by atoms with E-state index in [0.29, 0.717) is 12.1 Å². The Bertz CT molecular complexity index is 1120. The minimum Gasteiger partial charge on any atom is -0.332 e. The molecular weight excluding hydrogens is 438 g/mol. The van der Waals surface area contributed by atoms with Crippen LogP contribution in [-0.4, -0.2) is 55.6 Å². The van der Waals surface area contributed by atoms with E-state index in [0.717, 1.165) is 41.6 Å². The Morgan fingerprint density at radius 2 is 1.67 bits per heavy atom. The second-order valence-corrected chi connectivity index (χ2v) is 10.9. The molecule has 2 aromatic rings. The molecule has 0 radical (unpaired) electrons. The number of benzene rings is 2.